The van der Waals surface area contributed by atoms with Crippen molar-refractivity contribution in [3.63, 3.8) is 0 Å². The molecule has 132 valence electrons. The highest BCUT2D eigenvalue weighted by Gasteiger charge is 2.29. The van der Waals surface area contributed by atoms with Gasteiger partial charge in [-0.2, -0.15) is 5.10 Å². The fourth-order valence-corrected chi connectivity index (χ4v) is 3.16. The minimum Gasteiger partial charge on any atom is -0.486 e. The Morgan fingerprint density at radius 2 is 2.12 bits per heavy atom. The lowest BCUT2D eigenvalue weighted by Crippen LogP contribution is -2.44. The number of amides is 1. The standard InChI is InChI=1S/C19H23N3O3/c1-2-9-22(19(23)16-10-15(20-21-16)13-7-8-13)11-14-12-24-17-5-3-4-6-18(17)25-14/h3-6,10,13-14H,2,7-9,11-12H2,1H3,(H,20,21). The fraction of sp³-hybridized carbons (Fsp3) is 0.474. The number of carbonyl (C=O) groups excluding carboxylic acids is 1. The van der Waals surface area contributed by atoms with Crippen LogP contribution in [0.5, 0.6) is 11.5 Å². The molecule has 0 radical (unpaired) electrons. The Balaban J connectivity index is 1.44. The molecule has 1 atom stereocenters. The molecule has 1 aliphatic carbocycles. The van der Waals surface area contributed by atoms with Crippen molar-refractivity contribution in [2.24, 2.45) is 0 Å². The minimum atomic E-state index is -0.174. The monoisotopic (exact) mass is 341 g/mol. The number of hydrogen-bond acceptors (Lipinski definition) is 4. The van der Waals surface area contributed by atoms with Gasteiger partial charge in [0.15, 0.2) is 17.6 Å². The molecule has 6 nitrogen and oxygen atoms in total. The van der Waals surface area contributed by atoms with Crippen LogP contribution in [0.4, 0.5) is 0 Å². The summed E-state index contributed by atoms with van der Waals surface area (Å²) in [6.07, 6.45) is 3.07. The lowest BCUT2D eigenvalue weighted by molar-refractivity contribution is 0.0459. The number of rotatable bonds is 6. The largest absolute Gasteiger partial charge is 0.486 e. The molecule has 25 heavy (non-hydrogen) atoms. The van der Waals surface area contributed by atoms with Crippen molar-refractivity contribution in [3.8, 4) is 11.5 Å². The van der Waals surface area contributed by atoms with Gasteiger partial charge in [-0.1, -0.05) is 19.1 Å². The lowest BCUT2D eigenvalue weighted by Gasteiger charge is -2.31. The van der Waals surface area contributed by atoms with Crippen LogP contribution in [0.2, 0.25) is 0 Å². The second kappa shape index (κ2) is 6.78. The highest BCUT2D eigenvalue weighted by Crippen LogP contribution is 2.39. The number of para-hydroxylation sites is 2. The molecule has 4 rings (SSSR count). The molecule has 0 saturated heterocycles. The van der Waals surface area contributed by atoms with Gasteiger partial charge in [0.1, 0.15) is 12.3 Å². The summed E-state index contributed by atoms with van der Waals surface area (Å²) < 4.78 is 11.8. The summed E-state index contributed by atoms with van der Waals surface area (Å²) in [6, 6.07) is 9.52. The van der Waals surface area contributed by atoms with Crippen molar-refractivity contribution in [2.45, 2.75) is 38.2 Å². The number of aromatic nitrogens is 2. The predicted octanol–water partition coefficient (Wildman–Crippen LogP) is 2.98. The first-order valence-electron chi connectivity index (χ1n) is 8.97. The number of ether oxygens (including phenoxy) is 2. The molecule has 1 unspecified atom stereocenters. The van der Waals surface area contributed by atoms with E-state index in [0.717, 1.165) is 23.6 Å². The Morgan fingerprint density at radius 1 is 1.32 bits per heavy atom. The smallest absolute Gasteiger partial charge is 0.274 e. The summed E-state index contributed by atoms with van der Waals surface area (Å²) >= 11 is 0. The first-order chi connectivity index (χ1) is 12.2. The molecule has 1 amide bonds. The maximum atomic E-state index is 12.9. The number of fused-ring (bicyclic) bond motifs is 1. The van der Waals surface area contributed by atoms with Crippen LogP contribution in [-0.2, 0) is 0 Å². The molecule has 1 saturated carbocycles. The zero-order valence-electron chi connectivity index (χ0n) is 14.4. The van der Waals surface area contributed by atoms with E-state index in [-0.39, 0.29) is 12.0 Å². The van der Waals surface area contributed by atoms with Crippen molar-refractivity contribution in [1.29, 1.82) is 0 Å². The zero-order valence-corrected chi connectivity index (χ0v) is 14.4. The zero-order chi connectivity index (χ0) is 17.2. The summed E-state index contributed by atoms with van der Waals surface area (Å²) in [5, 5.41) is 7.23. The molecule has 1 fully saturated rings. The van der Waals surface area contributed by atoms with E-state index < -0.39 is 0 Å². The third kappa shape index (κ3) is 3.48. The van der Waals surface area contributed by atoms with Gasteiger partial charge in [0.25, 0.3) is 5.91 Å². The minimum absolute atomic E-state index is 0.0486. The highest BCUT2D eigenvalue weighted by molar-refractivity contribution is 5.92. The molecule has 1 N–H and O–H groups in total. The van der Waals surface area contributed by atoms with Gasteiger partial charge >= 0.3 is 0 Å². The molecule has 1 aromatic carbocycles. The van der Waals surface area contributed by atoms with Crippen molar-refractivity contribution < 1.29 is 14.3 Å². The first-order valence-corrected chi connectivity index (χ1v) is 8.97. The number of aromatic amines is 1. The summed E-state index contributed by atoms with van der Waals surface area (Å²) in [5.41, 5.74) is 1.57. The van der Waals surface area contributed by atoms with Gasteiger partial charge in [-0.25, -0.2) is 0 Å². The van der Waals surface area contributed by atoms with Gasteiger partial charge in [-0.15, -0.1) is 0 Å². The van der Waals surface area contributed by atoms with E-state index >= 15 is 0 Å². The third-order valence-corrected chi connectivity index (χ3v) is 4.61. The van der Waals surface area contributed by atoms with Crippen LogP contribution in [0.1, 0.15) is 48.3 Å². The fourth-order valence-electron chi connectivity index (χ4n) is 3.16. The van der Waals surface area contributed by atoms with Crippen molar-refractivity contribution in [2.75, 3.05) is 19.7 Å². The molecular weight excluding hydrogens is 318 g/mol. The van der Waals surface area contributed by atoms with Crippen LogP contribution >= 0.6 is 0 Å². The van der Waals surface area contributed by atoms with E-state index in [9.17, 15) is 4.79 Å². The highest BCUT2D eigenvalue weighted by atomic mass is 16.6. The summed E-state index contributed by atoms with van der Waals surface area (Å²) in [7, 11) is 0. The Morgan fingerprint density at radius 3 is 2.88 bits per heavy atom. The second-order valence-electron chi connectivity index (χ2n) is 6.73. The van der Waals surface area contributed by atoms with E-state index in [0.29, 0.717) is 31.3 Å². The van der Waals surface area contributed by atoms with Crippen LogP contribution in [-0.4, -0.2) is 46.8 Å². The molecule has 2 aromatic rings. The number of nitrogens with one attached hydrogen (secondary N) is 1. The summed E-state index contributed by atoms with van der Waals surface area (Å²) in [4.78, 5) is 14.7. The first kappa shape index (κ1) is 16.0. The van der Waals surface area contributed by atoms with Crippen LogP contribution < -0.4 is 9.47 Å². The van der Waals surface area contributed by atoms with Crippen molar-refractivity contribution >= 4 is 5.91 Å². The Labute approximate surface area is 147 Å². The lowest BCUT2D eigenvalue weighted by atomic mass is 10.2. The molecule has 1 aliphatic heterocycles. The van der Waals surface area contributed by atoms with Gasteiger partial charge in [0.05, 0.1) is 6.54 Å². The van der Waals surface area contributed by atoms with Crippen LogP contribution in [0.15, 0.2) is 30.3 Å². The maximum absolute atomic E-state index is 12.9. The molecule has 1 aromatic heterocycles. The third-order valence-electron chi connectivity index (χ3n) is 4.61. The van der Waals surface area contributed by atoms with Gasteiger partial charge in [-0.3, -0.25) is 9.89 Å². The number of H-pyrrole nitrogens is 1. The SMILES string of the molecule is CCCN(CC1COc2ccccc2O1)C(=O)c1cc(C2CC2)[nH]n1. The van der Waals surface area contributed by atoms with Gasteiger partial charge in [0, 0.05) is 18.2 Å². The van der Waals surface area contributed by atoms with Gasteiger partial charge < -0.3 is 14.4 Å². The molecule has 2 heterocycles. The second-order valence-corrected chi connectivity index (χ2v) is 6.73. The summed E-state index contributed by atoms with van der Waals surface area (Å²) in [6.45, 7) is 3.67. The van der Waals surface area contributed by atoms with Crippen LogP contribution in [0.25, 0.3) is 0 Å². The average Bonchev–Trinajstić information content (AvgIpc) is 3.37. The van der Waals surface area contributed by atoms with Crippen LogP contribution in [0, 0.1) is 0 Å². The van der Waals surface area contributed by atoms with E-state index in [1.807, 2.05) is 35.2 Å². The van der Waals surface area contributed by atoms with Crippen LogP contribution in [0.3, 0.4) is 0 Å². The Kier molecular flexibility index (Phi) is 4.34. The van der Waals surface area contributed by atoms with Crippen molar-refractivity contribution in [3.05, 3.63) is 41.7 Å². The maximum Gasteiger partial charge on any atom is 0.274 e. The van der Waals surface area contributed by atoms with E-state index in [1.165, 1.54) is 12.8 Å². The number of hydrogen-bond donors (Lipinski definition) is 1. The average molecular weight is 341 g/mol. The van der Waals surface area contributed by atoms with E-state index in [4.69, 9.17) is 9.47 Å². The van der Waals surface area contributed by atoms with E-state index in [1.54, 1.807) is 0 Å². The van der Waals surface area contributed by atoms with Crippen molar-refractivity contribution in [1.82, 2.24) is 15.1 Å². The molecule has 0 spiro atoms. The number of carbonyl (C=O) groups is 1. The molecule has 0 bridgehead atoms. The topological polar surface area (TPSA) is 67.5 Å². The number of benzene rings is 1. The quantitative estimate of drug-likeness (QED) is 0.877. The van der Waals surface area contributed by atoms with E-state index in [2.05, 4.69) is 17.1 Å². The summed E-state index contributed by atoms with van der Waals surface area (Å²) in [5.74, 6) is 2.00. The molecule has 6 heteroatoms. The van der Waals surface area contributed by atoms with Gasteiger partial charge in [0.2, 0.25) is 0 Å². The molecule has 2 aliphatic rings. The normalized spacial score (nSPS) is 18.8. The van der Waals surface area contributed by atoms with Gasteiger partial charge in [-0.05, 0) is 37.5 Å². The Hall–Kier alpha value is -2.50. The predicted molar refractivity (Wildman–Crippen MR) is 93.1 cm³/mol. The molecular formula is C19H23N3O3. The number of nitrogens with zero attached hydrogens (tertiary/aromatic N) is 2. The Bertz CT molecular complexity index is 754.